The molecule has 0 aliphatic heterocycles. The number of carbonyl (C=O) groups excluding carboxylic acids is 1. The molecule has 0 saturated heterocycles. The van der Waals surface area contributed by atoms with Crippen LogP contribution in [0.1, 0.15) is 13.8 Å². The Morgan fingerprint density at radius 1 is 1.39 bits per heavy atom. The number of ether oxygens (including phenoxy) is 1. The van der Waals surface area contributed by atoms with Gasteiger partial charge in [0, 0.05) is 17.1 Å². The van der Waals surface area contributed by atoms with Gasteiger partial charge in [0.2, 0.25) is 0 Å². The van der Waals surface area contributed by atoms with Crippen molar-refractivity contribution in [3.05, 3.63) is 29.3 Å². The third-order valence-electron chi connectivity index (χ3n) is 1.92. The zero-order chi connectivity index (χ0) is 12.9. The molecule has 3 N–H and O–H groups in total. The molecular weight excluding hydrogens is 275 g/mol. The Bertz CT molecular complexity index is 375. The van der Waals surface area contributed by atoms with Gasteiger partial charge in [0.25, 0.3) is 5.91 Å². The number of carbonyl (C=O) groups is 1. The predicted molar refractivity (Wildman–Crippen MR) is 75.5 cm³/mol. The lowest BCUT2D eigenvalue weighted by Gasteiger charge is -2.18. The van der Waals surface area contributed by atoms with E-state index in [2.05, 4.69) is 5.32 Å². The van der Waals surface area contributed by atoms with Crippen LogP contribution in [0, 0.1) is 0 Å². The van der Waals surface area contributed by atoms with E-state index in [-0.39, 0.29) is 24.9 Å². The second-order valence-corrected chi connectivity index (χ2v) is 4.94. The van der Waals surface area contributed by atoms with E-state index in [0.29, 0.717) is 17.3 Å². The fourth-order valence-electron chi connectivity index (χ4n) is 1.06. The van der Waals surface area contributed by atoms with Gasteiger partial charge in [0.15, 0.2) is 6.61 Å². The first-order valence-corrected chi connectivity index (χ1v) is 5.68. The number of rotatable bonds is 5. The first-order valence-electron chi connectivity index (χ1n) is 5.31. The van der Waals surface area contributed by atoms with Crippen molar-refractivity contribution in [3.8, 4) is 5.75 Å². The van der Waals surface area contributed by atoms with Gasteiger partial charge in [-0.2, -0.15) is 0 Å². The summed E-state index contributed by atoms with van der Waals surface area (Å²) < 4.78 is 5.28. The quantitative estimate of drug-likeness (QED) is 0.872. The lowest BCUT2D eigenvalue weighted by atomic mass is 10.1. The molecule has 1 aromatic carbocycles. The molecule has 1 rings (SSSR count). The van der Waals surface area contributed by atoms with Crippen molar-refractivity contribution in [1.82, 2.24) is 5.32 Å². The van der Waals surface area contributed by atoms with Crippen LogP contribution in [0.5, 0.6) is 5.75 Å². The molecule has 0 atom stereocenters. The fraction of sp³-hybridized carbons (Fsp3) is 0.417. The minimum atomic E-state index is -0.421. The summed E-state index contributed by atoms with van der Waals surface area (Å²) in [6.07, 6.45) is 0. The van der Waals surface area contributed by atoms with Crippen LogP contribution in [-0.4, -0.2) is 24.6 Å². The van der Waals surface area contributed by atoms with Crippen LogP contribution < -0.4 is 15.8 Å². The van der Waals surface area contributed by atoms with E-state index in [0.717, 1.165) is 0 Å². The van der Waals surface area contributed by atoms with Crippen LogP contribution >= 0.6 is 24.0 Å². The smallest absolute Gasteiger partial charge is 0.258 e. The van der Waals surface area contributed by atoms with Gasteiger partial charge in [-0.15, -0.1) is 12.4 Å². The molecule has 0 heterocycles. The highest BCUT2D eigenvalue weighted by atomic mass is 35.5. The average molecular weight is 293 g/mol. The molecule has 0 aromatic heterocycles. The largest absolute Gasteiger partial charge is 0.484 e. The van der Waals surface area contributed by atoms with Crippen LogP contribution in [0.25, 0.3) is 0 Å². The molecule has 0 unspecified atom stereocenters. The SMILES string of the molecule is CC(C)(N)CNC(=O)COc1ccc(Cl)cc1.Cl. The molecule has 4 nitrogen and oxygen atoms in total. The van der Waals surface area contributed by atoms with Gasteiger partial charge in [-0.1, -0.05) is 11.6 Å². The Labute approximate surface area is 118 Å². The summed E-state index contributed by atoms with van der Waals surface area (Å²) in [7, 11) is 0. The molecule has 0 radical (unpaired) electrons. The number of halogens is 2. The lowest BCUT2D eigenvalue weighted by Crippen LogP contribution is -2.46. The number of amides is 1. The summed E-state index contributed by atoms with van der Waals surface area (Å²) in [5, 5.41) is 3.32. The summed E-state index contributed by atoms with van der Waals surface area (Å²) in [6.45, 7) is 4.06. The second kappa shape index (κ2) is 7.46. The first kappa shape index (κ1) is 17.0. The molecule has 102 valence electrons. The molecule has 0 aliphatic rings. The highest BCUT2D eigenvalue weighted by molar-refractivity contribution is 6.30. The minimum absolute atomic E-state index is 0. The molecule has 1 aromatic rings. The van der Waals surface area contributed by atoms with E-state index >= 15 is 0 Å². The van der Waals surface area contributed by atoms with Crippen molar-refractivity contribution in [1.29, 1.82) is 0 Å². The lowest BCUT2D eigenvalue weighted by molar-refractivity contribution is -0.123. The van der Waals surface area contributed by atoms with E-state index in [4.69, 9.17) is 22.1 Å². The zero-order valence-electron chi connectivity index (χ0n) is 10.4. The van der Waals surface area contributed by atoms with Gasteiger partial charge >= 0.3 is 0 Å². The third kappa shape index (κ3) is 7.37. The fourth-order valence-corrected chi connectivity index (χ4v) is 1.18. The standard InChI is InChI=1S/C12H17ClN2O2.ClH/c1-12(2,14)8-15-11(16)7-17-10-5-3-9(13)4-6-10;/h3-6H,7-8,14H2,1-2H3,(H,15,16);1H. The van der Waals surface area contributed by atoms with Crippen LogP contribution in [-0.2, 0) is 4.79 Å². The number of benzene rings is 1. The van der Waals surface area contributed by atoms with Crippen LogP contribution in [0.15, 0.2) is 24.3 Å². The maximum absolute atomic E-state index is 11.4. The molecule has 6 heteroatoms. The maximum Gasteiger partial charge on any atom is 0.258 e. The molecule has 0 aliphatic carbocycles. The van der Waals surface area contributed by atoms with Crippen molar-refractivity contribution in [2.45, 2.75) is 19.4 Å². The van der Waals surface area contributed by atoms with Gasteiger partial charge in [0.1, 0.15) is 5.75 Å². The maximum atomic E-state index is 11.4. The van der Waals surface area contributed by atoms with Gasteiger partial charge < -0.3 is 15.8 Å². The summed E-state index contributed by atoms with van der Waals surface area (Å²) in [4.78, 5) is 11.4. The van der Waals surface area contributed by atoms with E-state index in [9.17, 15) is 4.79 Å². The average Bonchev–Trinajstić information content (AvgIpc) is 2.25. The number of nitrogens with two attached hydrogens (primary N) is 1. The Balaban J connectivity index is 0.00000289. The van der Waals surface area contributed by atoms with Crippen molar-refractivity contribution in [3.63, 3.8) is 0 Å². The molecule has 1 amide bonds. The highest BCUT2D eigenvalue weighted by Gasteiger charge is 2.12. The summed E-state index contributed by atoms with van der Waals surface area (Å²) >= 11 is 5.73. The highest BCUT2D eigenvalue weighted by Crippen LogP contribution is 2.15. The van der Waals surface area contributed by atoms with Crippen LogP contribution in [0.4, 0.5) is 0 Å². The molecule has 0 fully saturated rings. The molecule has 0 saturated carbocycles. The number of hydrogen-bond acceptors (Lipinski definition) is 3. The Kier molecular flexibility index (Phi) is 7.06. The van der Waals surface area contributed by atoms with Gasteiger partial charge in [0.05, 0.1) is 0 Å². The predicted octanol–water partition coefficient (Wildman–Crippen LogP) is 1.99. The summed E-state index contributed by atoms with van der Waals surface area (Å²) in [5.41, 5.74) is 5.32. The first-order chi connectivity index (χ1) is 7.87. The van der Waals surface area contributed by atoms with Crippen LogP contribution in [0.2, 0.25) is 5.02 Å². The van der Waals surface area contributed by atoms with Crippen molar-refractivity contribution < 1.29 is 9.53 Å². The zero-order valence-corrected chi connectivity index (χ0v) is 12.0. The molecule has 0 spiro atoms. The van der Waals surface area contributed by atoms with Crippen LogP contribution in [0.3, 0.4) is 0 Å². The van der Waals surface area contributed by atoms with Gasteiger partial charge in [-0.05, 0) is 38.1 Å². The van der Waals surface area contributed by atoms with E-state index < -0.39 is 5.54 Å². The van der Waals surface area contributed by atoms with Gasteiger partial charge in [-0.25, -0.2) is 0 Å². The summed E-state index contributed by atoms with van der Waals surface area (Å²) in [5.74, 6) is 0.412. The van der Waals surface area contributed by atoms with Crippen molar-refractivity contribution in [2.24, 2.45) is 5.73 Å². The van der Waals surface area contributed by atoms with E-state index in [1.807, 2.05) is 13.8 Å². The van der Waals surface area contributed by atoms with Gasteiger partial charge in [-0.3, -0.25) is 4.79 Å². The summed E-state index contributed by atoms with van der Waals surface area (Å²) in [6, 6.07) is 6.83. The monoisotopic (exact) mass is 292 g/mol. The topological polar surface area (TPSA) is 64.3 Å². The third-order valence-corrected chi connectivity index (χ3v) is 2.18. The van der Waals surface area contributed by atoms with E-state index in [1.54, 1.807) is 24.3 Å². The number of nitrogens with one attached hydrogen (secondary N) is 1. The van der Waals surface area contributed by atoms with Crippen molar-refractivity contribution >= 4 is 29.9 Å². The molecular formula is C12H18Cl2N2O2. The number of hydrogen-bond donors (Lipinski definition) is 2. The van der Waals surface area contributed by atoms with E-state index in [1.165, 1.54) is 0 Å². The normalized spacial score (nSPS) is 10.4. The second-order valence-electron chi connectivity index (χ2n) is 4.51. The minimum Gasteiger partial charge on any atom is -0.484 e. The molecule has 18 heavy (non-hydrogen) atoms. The molecule has 0 bridgehead atoms. The Hall–Kier alpha value is -0.970. The Morgan fingerprint density at radius 3 is 2.44 bits per heavy atom. The van der Waals surface area contributed by atoms with Crippen molar-refractivity contribution in [2.75, 3.05) is 13.2 Å². The Morgan fingerprint density at radius 2 is 1.94 bits per heavy atom.